The second-order valence-electron chi connectivity index (χ2n) is 4.55. The van der Waals surface area contributed by atoms with Crippen LogP contribution in [-0.4, -0.2) is 12.2 Å². The van der Waals surface area contributed by atoms with Gasteiger partial charge in [-0.2, -0.15) is 0 Å². The average Bonchev–Trinajstić information content (AvgIpc) is 2.53. The predicted octanol–water partition coefficient (Wildman–Crippen LogP) is 4.70. The van der Waals surface area contributed by atoms with Gasteiger partial charge in [-0.3, -0.25) is 4.79 Å². The maximum atomic E-state index is 12.4. The molecule has 0 unspecified atom stereocenters. The molecule has 1 heterocycles. The lowest BCUT2D eigenvalue weighted by atomic mass is 10.1. The Hall–Kier alpha value is -1.79. The van der Waals surface area contributed by atoms with Crippen molar-refractivity contribution in [2.24, 2.45) is 0 Å². The van der Waals surface area contributed by atoms with Gasteiger partial charge in [-0.1, -0.05) is 30.3 Å². The van der Waals surface area contributed by atoms with Gasteiger partial charge in [0.2, 0.25) is 0 Å². The molecule has 0 bridgehead atoms. The van der Waals surface area contributed by atoms with E-state index in [0.29, 0.717) is 20.5 Å². The van der Waals surface area contributed by atoms with E-state index < -0.39 is 0 Å². The van der Waals surface area contributed by atoms with Crippen molar-refractivity contribution in [2.75, 3.05) is 7.11 Å². The number of phenols is 1. The lowest BCUT2D eigenvalue weighted by Gasteiger charge is -2.12. The van der Waals surface area contributed by atoms with Gasteiger partial charge >= 0.3 is 0 Å². The summed E-state index contributed by atoms with van der Waals surface area (Å²) in [5.41, 5.74) is 0.681. The van der Waals surface area contributed by atoms with E-state index in [9.17, 15) is 9.90 Å². The first-order chi connectivity index (χ1) is 10.5. The molecule has 1 aromatic heterocycles. The number of phenolic OH excluding ortho intramolecular Hbond substituents is 1. The predicted molar refractivity (Wildman–Crippen MR) is 91.5 cm³/mol. The summed E-state index contributed by atoms with van der Waals surface area (Å²) < 4.78 is 11.8. The molecular formula is C16H10Br2O4. The van der Waals surface area contributed by atoms with E-state index in [4.69, 9.17) is 9.15 Å². The molecule has 0 atom stereocenters. The molecule has 112 valence electrons. The van der Waals surface area contributed by atoms with E-state index in [0.717, 1.165) is 5.56 Å². The Labute approximate surface area is 142 Å². The first kappa shape index (κ1) is 15.1. The second kappa shape index (κ2) is 5.78. The summed E-state index contributed by atoms with van der Waals surface area (Å²) in [5.74, 6) is 0.573. The monoisotopic (exact) mass is 424 g/mol. The van der Waals surface area contributed by atoms with Crippen molar-refractivity contribution in [3.63, 3.8) is 0 Å². The van der Waals surface area contributed by atoms with Crippen LogP contribution < -0.4 is 10.2 Å². The third kappa shape index (κ3) is 2.32. The largest absolute Gasteiger partial charge is 0.506 e. The van der Waals surface area contributed by atoms with Gasteiger partial charge < -0.3 is 14.3 Å². The second-order valence-corrected chi connectivity index (χ2v) is 6.14. The number of hydrogen-bond acceptors (Lipinski definition) is 4. The molecule has 3 rings (SSSR count). The Morgan fingerprint density at radius 2 is 1.82 bits per heavy atom. The van der Waals surface area contributed by atoms with Crippen LogP contribution in [0.25, 0.3) is 22.3 Å². The SMILES string of the molecule is COc1c(Br)c(O)c2c(=O)cc(-c3ccccc3)oc2c1Br. The molecule has 0 saturated carbocycles. The molecule has 0 radical (unpaired) electrons. The molecule has 3 aromatic rings. The van der Waals surface area contributed by atoms with Gasteiger partial charge in [0.05, 0.1) is 7.11 Å². The molecule has 0 aliphatic rings. The van der Waals surface area contributed by atoms with Crippen LogP contribution in [0.15, 0.2) is 54.6 Å². The van der Waals surface area contributed by atoms with Crippen LogP contribution in [0.2, 0.25) is 0 Å². The molecular weight excluding hydrogens is 416 g/mol. The van der Waals surface area contributed by atoms with Gasteiger partial charge in [0.25, 0.3) is 0 Å². The lowest BCUT2D eigenvalue weighted by Crippen LogP contribution is -2.02. The summed E-state index contributed by atoms with van der Waals surface area (Å²) >= 11 is 6.59. The molecule has 4 nitrogen and oxygen atoms in total. The zero-order chi connectivity index (χ0) is 15.9. The molecule has 0 aliphatic carbocycles. The van der Waals surface area contributed by atoms with Crippen molar-refractivity contribution < 1.29 is 14.3 Å². The minimum absolute atomic E-state index is 0.0965. The Balaban J connectivity index is 2.42. The number of methoxy groups -OCH3 is 1. The number of ether oxygens (including phenoxy) is 1. The summed E-state index contributed by atoms with van der Waals surface area (Å²) in [6.07, 6.45) is 0. The van der Waals surface area contributed by atoms with Gasteiger partial charge in [-0.15, -0.1) is 0 Å². The summed E-state index contributed by atoms with van der Waals surface area (Å²) in [6, 6.07) is 10.6. The zero-order valence-corrected chi connectivity index (χ0v) is 14.6. The number of aromatic hydroxyl groups is 1. The van der Waals surface area contributed by atoms with Crippen molar-refractivity contribution >= 4 is 42.8 Å². The Bertz CT molecular complexity index is 917. The van der Waals surface area contributed by atoms with Crippen LogP contribution in [0.4, 0.5) is 0 Å². The van der Waals surface area contributed by atoms with E-state index in [1.165, 1.54) is 13.2 Å². The van der Waals surface area contributed by atoms with E-state index in [1.54, 1.807) is 0 Å². The van der Waals surface area contributed by atoms with Crippen molar-refractivity contribution in [1.29, 1.82) is 0 Å². The molecule has 6 heteroatoms. The number of fused-ring (bicyclic) bond motifs is 1. The van der Waals surface area contributed by atoms with Gasteiger partial charge in [-0.05, 0) is 31.9 Å². The first-order valence-electron chi connectivity index (χ1n) is 6.31. The molecule has 0 saturated heterocycles. The van der Waals surface area contributed by atoms with Gasteiger partial charge in [-0.25, -0.2) is 0 Å². The van der Waals surface area contributed by atoms with Crippen LogP contribution >= 0.6 is 31.9 Å². The Morgan fingerprint density at radius 1 is 1.14 bits per heavy atom. The van der Waals surface area contributed by atoms with E-state index in [-0.39, 0.29) is 22.1 Å². The van der Waals surface area contributed by atoms with E-state index >= 15 is 0 Å². The maximum absolute atomic E-state index is 12.4. The van der Waals surface area contributed by atoms with E-state index in [1.807, 2.05) is 30.3 Å². The molecule has 2 aromatic carbocycles. The average molecular weight is 426 g/mol. The van der Waals surface area contributed by atoms with Crippen LogP contribution in [-0.2, 0) is 0 Å². The van der Waals surface area contributed by atoms with Crippen molar-refractivity contribution in [3.8, 4) is 22.8 Å². The van der Waals surface area contributed by atoms with Crippen molar-refractivity contribution in [3.05, 3.63) is 55.6 Å². The fourth-order valence-corrected chi connectivity index (χ4v) is 3.68. The third-order valence-corrected chi connectivity index (χ3v) is 4.71. The van der Waals surface area contributed by atoms with Crippen LogP contribution in [0.1, 0.15) is 0 Å². The standard InChI is InChI=1S/C16H10Br2O4/c1-21-16-12(17)14(20)11-9(19)7-10(22-15(11)13(16)18)8-5-3-2-4-6-8/h2-7,20H,1H3. The van der Waals surface area contributed by atoms with Crippen LogP contribution in [0.5, 0.6) is 11.5 Å². The number of benzene rings is 2. The van der Waals surface area contributed by atoms with Gasteiger partial charge in [0, 0.05) is 11.6 Å². The third-order valence-electron chi connectivity index (χ3n) is 3.25. The first-order valence-corrected chi connectivity index (χ1v) is 7.90. The zero-order valence-electron chi connectivity index (χ0n) is 11.4. The van der Waals surface area contributed by atoms with Crippen molar-refractivity contribution in [1.82, 2.24) is 0 Å². The number of hydrogen-bond donors (Lipinski definition) is 1. The normalized spacial score (nSPS) is 10.9. The maximum Gasteiger partial charge on any atom is 0.197 e. The van der Waals surface area contributed by atoms with E-state index in [2.05, 4.69) is 31.9 Å². The molecule has 0 aliphatic heterocycles. The van der Waals surface area contributed by atoms with Crippen molar-refractivity contribution in [2.45, 2.75) is 0 Å². The summed E-state index contributed by atoms with van der Waals surface area (Å²) in [4.78, 5) is 12.4. The minimum Gasteiger partial charge on any atom is -0.506 e. The Kier molecular flexibility index (Phi) is 3.97. The smallest absolute Gasteiger partial charge is 0.197 e. The van der Waals surface area contributed by atoms with Crippen LogP contribution in [0, 0.1) is 0 Å². The summed E-state index contributed by atoms with van der Waals surface area (Å²) in [6.45, 7) is 0. The van der Waals surface area contributed by atoms with Gasteiger partial charge in [0.15, 0.2) is 16.8 Å². The molecule has 0 amide bonds. The highest BCUT2D eigenvalue weighted by atomic mass is 79.9. The molecule has 1 N–H and O–H groups in total. The molecule has 0 spiro atoms. The number of halogens is 2. The number of rotatable bonds is 2. The lowest BCUT2D eigenvalue weighted by molar-refractivity contribution is 0.401. The highest BCUT2D eigenvalue weighted by Crippen LogP contribution is 2.45. The highest BCUT2D eigenvalue weighted by molar-refractivity contribution is 9.11. The summed E-state index contributed by atoms with van der Waals surface area (Å²) in [5, 5.41) is 10.3. The minimum atomic E-state index is -0.332. The highest BCUT2D eigenvalue weighted by Gasteiger charge is 2.21. The quantitative estimate of drug-likeness (QED) is 0.646. The topological polar surface area (TPSA) is 59.7 Å². The molecule has 22 heavy (non-hydrogen) atoms. The summed E-state index contributed by atoms with van der Waals surface area (Å²) in [7, 11) is 1.47. The Morgan fingerprint density at radius 3 is 2.45 bits per heavy atom. The fourth-order valence-electron chi connectivity index (χ4n) is 2.21. The van der Waals surface area contributed by atoms with Crippen LogP contribution in [0.3, 0.4) is 0 Å². The molecule has 0 fully saturated rings. The fraction of sp³-hybridized carbons (Fsp3) is 0.0625. The van der Waals surface area contributed by atoms with Gasteiger partial charge in [0.1, 0.15) is 25.8 Å².